The lowest BCUT2D eigenvalue weighted by Gasteiger charge is -2.46. The fourth-order valence-corrected chi connectivity index (χ4v) is 3.57. The Bertz CT molecular complexity index is 589. The second-order valence-electron chi connectivity index (χ2n) is 6.29. The number of fused-ring (bicyclic) bond motifs is 1. The summed E-state index contributed by atoms with van der Waals surface area (Å²) in [6.45, 7) is 5.49. The van der Waals surface area contributed by atoms with Crippen molar-refractivity contribution in [2.75, 3.05) is 11.9 Å². The lowest BCUT2D eigenvalue weighted by molar-refractivity contribution is 0.00533. The van der Waals surface area contributed by atoms with Crippen LogP contribution in [0.2, 0.25) is 0 Å². The van der Waals surface area contributed by atoms with Gasteiger partial charge in [0.15, 0.2) is 0 Å². The first-order valence-corrected chi connectivity index (χ1v) is 8.17. The van der Waals surface area contributed by atoms with E-state index in [0.29, 0.717) is 28.5 Å². The van der Waals surface area contributed by atoms with Crippen molar-refractivity contribution in [1.29, 1.82) is 0 Å². The van der Waals surface area contributed by atoms with Crippen molar-refractivity contribution < 1.29 is 4.74 Å². The third-order valence-corrected chi connectivity index (χ3v) is 5.06. The van der Waals surface area contributed by atoms with Crippen LogP contribution in [0.3, 0.4) is 0 Å². The minimum Gasteiger partial charge on any atom is -0.376 e. The Hall–Kier alpha value is -0.920. The zero-order chi connectivity index (χ0) is 15.1. The first kappa shape index (κ1) is 15.0. The molecule has 1 aliphatic heterocycles. The molecule has 1 aliphatic carbocycles. The van der Waals surface area contributed by atoms with Gasteiger partial charge in [0, 0.05) is 25.1 Å². The molecule has 1 aromatic heterocycles. The van der Waals surface area contributed by atoms with Crippen molar-refractivity contribution in [3.05, 3.63) is 21.0 Å². The molecule has 6 nitrogen and oxygen atoms in total. The Balaban J connectivity index is 1.77. The van der Waals surface area contributed by atoms with Gasteiger partial charge in [-0.15, -0.1) is 0 Å². The minimum atomic E-state index is -0.120. The van der Waals surface area contributed by atoms with Gasteiger partial charge >= 0.3 is 0 Å². The Morgan fingerprint density at radius 2 is 2.38 bits per heavy atom. The van der Waals surface area contributed by atoms with E-state index >= 15 is 0 Å². The summed E-state index contributed by atoms with van der Waals surface area (Å²) in [7, 11) is 0. The van der Waals surface area contributed by atoms with Gasteiger partial charge in [-0.1, -0.05) is 13.8 Å². The van der Waals surface area contributed by atoms with Gasteiger partial charge in [-0.3, -0.25) is 4.79 Å². The molecule has 4 atom stereocenters. The van der Waals surface area contributed by atoms with Crippen LogP contribution in [0.4, 0.5) is 5.69 Å². The summed E-state index contributed by atoms with van der Waals surface area (Å²) in [5, 5.41) is 7.55. The third-order valence-electron chi connectivity index (χ3n) is 4.29. The topological polar surface area (TPSA) is 82.2 Å². The molecule has 116 valence electrons. The van der Waals surface area contributed by atoms with E-state index in [0.717, 1.165) is 13.0 Å². The van der Waals surface area contributed by atoms with Crippen molar-refractivity contribution in [2.45, 2.75) is 45.0 Å². The van der Waals surface area contributed by atoms with Crippen LogP contribution in [0.25, 0.3) is 0 Å². The van der Waals surface area contributed by atoms with E-state index in [1.807, 2.05) is 0 Å². The van der Waals surface area contributed by atoms with Gasteiger partial charge in [0.2, 0.25) is 0 Å². The maximum atomic E-state index is 12.3. The van der Waals surface area contributed by atoms with E-state index in [1.165, 1.54) is 4.68 Å². The lowest BCUT2D eigenvalue weighted by atomic mass is 9.72. The largest absolute Gasteiger partial charge is 0.376 e. The van der Waals surface area contributed by atoms with Gasteiger partial charge in [-0.05, 0) is 28.3 Å². The van der Waals surface area contributed by atoms with Crippen LogP contribution in [0.5, 0.6) is 0 Å². The lowest BCUT2D eigenvalue weighted by Crippen LogP contribution is -2.65. The first-order chi connectivity index (χ1) is 9.99. The number of nitrogens with two attached hydrogens (primary N) is 1. The average Bonchev–Trinajstić information content (AvgIpc) is 2.87. The van der Waals surface area contributed by atoms with Crippen LogP contribution in [0.15, 0.2) is 15.5 Å². The number of aromatic nitrogens is 2. The number of anilines is 1. The molecule has 7 heteroatoms. The smallest absolute Gasteiger partial charge is 0.283 e. The molecule has 2 fully saturated rings. The van der Waals surface area contributed by atoms with Crippen molar-refractivity contribution in [3.8, 4) is 0 Å². The van der Waals surface area contributed by atoms with Gasteiger partial charge in [0.25, 0.3) is 5.56 Å². The maximum absolute atomic E-state index is 12.3. The SMILES string of the molecule is CC(C)Cn1ncc(NC2C(N)C3CCOC32)c(Br)c1=O. The summed E-state index contributed by atoms with van der Waals surface area (Å²) in [5.74, 6) is 0.809. The molecular formula is C14H21BrN4O2. The summed E-state index contributed by atoms with van der Waals surface area (Å²) in [6.07, 6.45) is 2.87. The molecule has 1 saturated carbocycles. The molecular weight excluding hydrogens is 336 g/mol. The molecule has 0 amide bonds. The zero-order valence-corrected chi connectivity index (χ0v) is 13.8. The number of hydrogen-bond donors (Lipinski definition) is 2. The summed E-state index contributed by atoms with van der Waals surface area (Å²) in [5.41, 5.74) is 6.75. The highest BCUT2D eigenvalue weighted by atomic mass is 79.9. The fraction of sp³-hybridized carbons (Fsp3) is 0.714. The van der Waals surface area contributed by atoms with Crippen LogP contribution in [0.1, 0.15) is 20.3 Å². The van der Waals surface area contributed by atoms with Crippen LogP contribution < -0.4 is 16.6 Å². The van der Waals surface area contributed by atoms with E-state index in [9.17, 15) is 4.79 Å². The molecule has 3 rings (SSSR count). The normalized spacial score (nSPS) is 31.1. The van der Waals surface area contributed by atoms with Crippen LogP contribution in [-0.2, 0) is 11.3 Å². The van der Waals surface area contributed by atoms with Gasteiger partial charge < -0.3 is 15.8 Å². The quantitative estimate of drug-likeness (QED) is 0.846. The number of rotatable bonds is 4. The van der Waals surface area contributed by atoms with E-state index in [2.05, 4.69) is 40.2 Å². The Kier molecular flexibility index (Phi) is 4.07. The molecule has 1 aromatic rings. The van der Waals surface area contributed by atoms with Gasteiger partial charge in [-0.2, -0.15) is 5.10 Å². The van der Waals surface area contributed by atoms with Crippen LogP contribution in [0, 0.1) is 11.8 Å². The third kappa shape index (κ3) is 2.62. The number of halogens is 1. The molecule has 1 saturated heterocycles. The van der Waals surface area contributed by atoms with Crippen molar-refractivity contribution >= 4 is 21.6 Å². The highest BCUT2D eigenvalue weighted by Gasteiger charge is 2.52. The molecule has 0 radical (unpaired) electrons. The predicted octanol–water partition coefficient (Wildman–Crippen LogP) is 1.19. The predicted molar refractivity (Wildman–Crippen MR) is 84.3 cm³/mol. The summed E-state index contributed by atoms with van der Waals surface area (Å²) < 4.78 is 7.68. The van der Waals surface area contributed by atoms with Gasteiger partial charge in [0.05, 0.1) is 24.0 Å². The number of nitrogens with zero attached hydrogens (tertiary/aromatic N) is 2. The summed E-state index contributed by atoms with van der Waals surface area (Å²) >= 11 is 3.38. The van der Waals surface area contributed by atoms with Gasteiger partial charge in [-0.25, -0.2) is 4.68 Å². The molecule has 21 heavy (non-hydrogen) atoms. The van der Waals surface area contributed by atoms with Crippen LogP contribution in [-0.4, -0.2) is 34.6 Å². The number of hydrogen-bond acceptors (Lipinski definition) is 5. The standard InChI is InChI=1S/C14H21BrN4O2/c1-7(2)6-19-14(20)10(15)9(5-17-19)18-12-11(16)8-3-4-21-13(8)12/h5,7-8,11-13,18H,3-4,6,16H2,1-2H3. The molecule has 2 aliphatic rings. The monoisotopic (exact) mass is 356 g/mol. The summed E-state index contributed by atoms with van der Waals surface area (Å²) in [6, 6.07) is 0.124. The van der Waals surface area contributed by atoms with E-state index in [4.69, 9.17) is 10.5 Å². The van der Waals surface area contributed by atoms with Crippen molar-refractivity contribution in [1.82, 2.24) is 9.78 Å². The van der Waals surface area contributed by atoms with Crippen molar-refractivity contribution in [2.24, 2.45) is 17.6 Å². The second kappa shape index (κ2) is 5.70. The Morgan fingerprint density at radius 3 is 3.10 bits per heavy atom. The zero-order valence-electron chi connectivity index (χ0n) is 12.3. The Morgan fingerprint density at radius 1 is 1.62 bits per heavy atom. The van der Waals surface area contributed by atoms with E-state index < -0.39 is 0 Å². The minimum absolute atomic E-state index is 0.0518. The van der Waals surface area contributed by atoms with Crippen molar-refractivity contribution in [3.63, 3.8) is 0 Å². The first-order valence-electron chi connectivity index (χ1n) is 7.38. The Labute approximate surface area is 132 Å². The highest BCUT2D eigenvalue weighted by molar-refractivity contribution is 9.10. The average molecular weight is 357 g/mol. The maximum Gasteiger partial charge on any atom is 0.283 e. The molecule has 0 aromatic carbocycles. The van der Waals surface area contributed by atoms with E-state index in [-0.39, 0.29) is 23.7 Å². The molecule has 0 bridgehead atoms. The second-order valence-corrected chi connectivity index (χ2v) is 7.08. The highest BCUT2D eigenvalue weighted by Crippen LogP contribution is 2.39. The van der Waals surface area contributed by atoms with E-state index in [1.54, 1.807) is 6.20 Å². The van der Waals surface area contributed by atoms with Crippen LogP contribution >= 0.6 is 15.9 Å². The number of nitrogens with one attached hydrogen (secondary N) is 1. The summed E-state index contributed by atoms with van der Waals surface area (Å²) in [4.78, 5) is 12.3. The molecule has 3 N–H and O–H groups in total. The molecule has 4 unspecified atom stereocenters. The fourth-order valence-electron chi connectivity index (χ4n) is 3.15. The van der Waals surface area contributed by atoms with Gasteiger partial charge in [0.1, 0.15) is 4.47 Å². The molecule has 2 heterocycles. The molecule has 0 spiro atoms. The number of ether oxygens (including phenoxy) is 1.